The first kappa shape index (κ1) is 15.4. The van der Waals surface area contributed by atoms with E-state index in [0.29, 0.717) is 13.1 Å². The first-order chi connectivity index (χ1) is 7.38. The topological polar surface area (TPSA) is 75.3 Å². The number of carbonyl (C=O) groups is 1. The maximum absolute atomic E-state index is 11.7. The predicted octanol–water partition coefficient (Wildman–Crippen LogP) is 0.885. The van der Waals surface area contributed by atoms with E-state index in [1.807, 2.05) is 13.8 Å². The van der Waals surface area contributed by atoms with E-state index in [1.165, 1.54) is 0 Å². The molecule has 0 heterocycles. The molecule has 0 bridgehead atoms. The SMILES string of the molecule is CCC(CC)C(O)CNC(=O)C(C)(C)CN. The Morgan fingerprint density at radius 2 is 1.88 bits per heavy atom. The molecule has 0 radical (unpaired) electrons. The van der Waals surface area contributed by atoms with Crippen molar-refractivity contribution in [3.63, 3.8) is 0 Å². The van der Waals surface area contributed by atoms with Crippen molar-refractivity contribution in [1.82, 2.24) is 5.32 Å². The molecule has 0 fully saturated rings. The van der Waals surface area contributed by atoms with Crippen molar-refractivity contribution >= 4 is 5.91 Å². The van der Waals surface area contributed by atoms with E-state index in [2.05, 4.69) is 5.32 Å². The van der Waals surface area contributed by atoms with Gasteiger partial charge in [0.1, 0.15) is 0 Å². The quantitative estimate of drug-likeness (QED) is 0.608. The highest BCUT2D eigenvalue weighted by Crippen LogP contribution is 2.14. The predicted molar refractivity (Wildman–Crippen MR) is 65.9 cm³/mol. The molecule has 1 atom stereocenters. The van der Waals surface area contributed by atoms with Crippen LogP contribution in [0.15, 0.2) is 0 Å². The molecule has 0 saturated heterocycles. The number of rotatable bonds is 7. The molecular weight excluding hydrogens is 204 g/mol. The van der Waals surface area contributed by atoms with Crippen LogP contribution >= 0.6 is 0 Å². The summed E-state index contributed by atoms with van der Waals surface area (Å²) in [7, 11) is 0. The molecule has 0 rings (SSSR count). The van der Waals surface area contributed by atoms with Gasteiger partial charge >= 0.3 is 0 Å². The van der Waals surface area contributed by atoms with E-state index in [-0.39, 0.29) is 11.8 Å². The molecule has 0 aromatic carbocycles. The number of aliphatic hydroxyl groups is 1. The Morgan fingerprint density at radius 3 is 2.25 bits per heavy atom. The zero-order valence-electron chi connectivity index (χ0n) is 10.9. The smallest absolute Gasteiger partial charge is 0.227 e. The van der Waals surface area contributed by atoms with Crippen LogP contribution in [0.2, 0.25) is 0 Å². The summed E-state index contributed by atoms with van der Waals surface area (Å²) in [5.74, 6) is 0.154. The number of nitrogens with two attached hydrogens (primary N) is 1. The normalized spacial score (nSPS) is 13.9. The fraction of sp³-hybridized carbons (Fsp3) is 0.917. The van der Waals surface area contributed by atoms with Gasteiger partial charge in [-0.3, -0.25) is 4.79 Å². The average molecular weight is 230 g/mol. The van der Waals surface area contributed by atoms with Gasteiger partial charge in [0.25, 0.3) is 0 Å². The highest BCUT2D eigenvalue weighted by Gasteiger charge is 2.26. The number of carbonyl (C=O) groups excluding carboxylic acids is 1. The number of hydrogen-bond donors (Lipinski definition) is 3. The molecular formula is C12H26N2O2. The summed E-state index contributed by atoms with van der Waals surface area (Å²) in [5, 5.41) is 12.6. The number of aliphatic hydroxyl groups excluding tert-OH is 1. The summed E-state index contributed by atoms with van der Waals surface area (Å²) in [5.41, 5.74) is 4.94. The van der Waals surface area contributed by atoms with Crippen molar-refractivity contribution in [2.45, 2.75) is 46.6 Å². The third kappa shape index (κ3) is 4.49. The van der Waals surface area contributed by atoms with Crippen molar-refractivity contribution < 1.29 is 9.90 Å². The fourth-order valence-electron chi connectivity index (χ4n) is 1.53. The minimum Gasteiger partial charge on any atom is -0.391 e. The lowest BCUT2D eigenvalue weighted by Crippen LogP contribution is -2.45. The monoisotopic (exact) mass is 230 g/mol. The van der Waals surface area contributed by atoms with E-state index < -0.39 is 11.5 Å². The van der Waals surface area contributed by atoms with Gasteiger partial charge in [0, 0.05) is 13.1 Å². The zero-order chi connectivity index (χ0) is 12.8. The van der Waals surface area contributed by atoms with Gasteiger partial charge in [-0.05, 0) is 19.8 Å². The van der Waals surface area contributed by atoms with Gasteiger partial charge in [0.05, 0.1) is 11.5 Å². The maximum atomic E-state index is 11.7. The van der Waals surface area contributed by atoms with Crippen molar-refractivity contribution in [3.8, 4) is 0 Å². The summed E-state index contributed by atoms with van der Waals surface area (Å²) < 4.78 is 0. The lowest BCUT2D eigenvalue weighted by atomic mass is 9.92. The summed E-state index contributed by atoms with van der Waals surface area (Å²) in [6.45, 7) is 8.30. The lowest BCUT2D eigenvalue weighted by Gasteiger charge is -2.25. The molecule has 96 valence electrons. The number of hydrogen-bond acceptors (Lipinski definition) is 3. The molecule has 1 amide bonds. The molecule has 16 heavy (non-hydrogen) atoms. The van der Waals surface area contributed by atoms with Crippen LogP contribution in [-0.4, -0.2) is 30.2 Å². The molecule has 0 aromatic heterocycles. The van der Waals surface area contributed by atoms with E-state index in [0.717, 1.165) is 12.8 Å². The Balaban J connectivity index is 4.10. The Kier molecular flexibility index (Phi) is 6.60. The van der Waals surface area contributed by atoms with E-state index in [9.17, 15) is 9.90 Å². The van der Waals surface area contributed by atoms with Gasteiger partial charge in [0.15, 0.2) is 0 Å². The van der Waals surface area contributed by atoms with Crippen LogP contribution in [0.5, 0.6) is 0 Å². The van der Waals surface area contributed by atoms with Crippen LogP contribution in [0.25, 0.3) is 0 Å². The molecule has 4 nitrogen and oxygen atoms in total. The van der Waals surface area contributed by atoms with Crippen molar-refractivity contribution in [1.29, 1.82) is 0 Å². The van der Waals surface area contributed by atoms with Gasteiger partial charge in [-0.1, -0.05) is 26.7 Å². The van der Waals surface area contributed by atoms with Crippen molar-refractivity contribution in [2.24, 2.45) is 17.1 Å². The van der Waals surface area contributed by atoms with Gasteiger partial charge in [-0.2, -0.15) is 0 Å². The van der Waals surface area contributed by atoms with E-state index in [1.54, 1.807) is 13.8 Å². The molecule has 4 N–H and O–H groups in total. The highest BCUT2D eigenvalue weighted by atomic mass is 16.3. The molecule has 0 saturated carbocycles. The van der Waals surface area contributed by atoms with Crippen LogP contribution in [0, 0.1) is 11.3 Å². The Hall–Kier alpha value is -0.610. The average Bonchev–Trinajstić information content (AvgIpc) is 2.27. The Morgan fingerprint density at radius 1 is 1.38 bits per heavy atom. The molecule has 0 aliphatic heterocycles. The Bertz CT molecular complexity index is 213. The molecule has 0 aliphatic carbocycles. The Labute approximate surface area is 98.6 Å². The van der Waals surface area contributed by atoms with Crippen LogP contribution < -0.4 is 11.1 Å². The van der Waals surface area contributed by atoms with Crippen molar-refractivity contribution in [3.05, 3.63) is 0 Å². The van der Waals surface area contributed by atoms with Crippen LogP contribution in [0.4, 0.5) is 0 Å². The summed E-state index contributed by atoms with van der Waals surface area (Å²) in [4.78, 5) is 11.7. The van der Waals surface area contributed by atoms with Gasteiger partial charge in [0.2, 0.25) is 5.91 Å². The second kappa shape index (κ2) is 6.86. The summed E-state index contributed by atoms with van der Waals surface area (Å²) in [6, 6.07) is 0. The zero-order valence-corrected chi connectivity index (χ0v) is 10.9. The summed E-state index contributed by atoms with van der Waals surface area (Å²) in [6.07, 6.45) is 1.38. The molecule has 0 spiro atoms. The largest absolute Gasteiger partial charge is 0.391 e. The molecule has 1 unspecified atom stereocenters. The number of nitrogens with one attached hydrogen (secondary N) is 1. The van der Waals surface area contributed by atoms with Crippen LogP contribution in [0.3, 0.4) is 0 Å². The van der Waals surface area contributed by atoms with Gasteiger partial charge in [-0.25, -0.2) is 0 Å². The second-order valence-electron chi connectivity index (χ2n) is 4.94. The molecule has 0 aromatic rings. The molecule has 0 aliphatic rings. The third-order valence-corrected chi connectivity index (χ3v) is 3.19. The number of amides is 1. The third-order valence-electron chi connectivity index (χ3n) is 3.19. The highest BCUT2D eigenvalue weighted by molar-refractivity contribution is 5.82. The fourth-order valence-corrected chi connectivity index (χ4v) is 1.53. The van der Waals surface area contributed by atoms with E-state index in [4.69, 9.17) is 5.73 Å². The first-order valence-electron chi connectivity index (χ1n) is 6.05. The minimum absolute atomic E-state index is 0.0972. The van der Waals surface area contributed by atoms with Gasteiger partial charge in [-0.15, -0.1) is 0 Å². The standard InChI is InChI=1S/C12H26N2O2/c1-5-9(6-2)10(15)7-14-11(16)12(3,4)8-13/h9-10,15H,5-8,13H2,1-4H3,(H,14,16). The second-order valence-corrected chi connectivity index (χ2v) is 4.94. The summed E-state index contributed by atoms with van der Waals surface area (Å²) >= 11 is 0. The maximum Gasteiger partial charge on any atom is 0.227 e. The van der Waals surface area contributed by atoms with E-state index >= 15 is 0 Å². The first-order valence-corrected chi connectivity index (χ1v) is 6.05. The van der Waals surface area contributed by atoms with Crippen LogP contribution in [-0.2, 0) is 4.79 Å². The molecule has 4 heteroatoms. The van der Waals surface area contributed by atoms with Crippen molar-refractivity contribution in [2.75, 3.05) is 13.1 Å². The van der Waals surface area contributed by atoms with Gasteiger partial charge < -0.3 is 16.2 Å². The minimum atomic E-state index is -0.562. The van der Waals surface area contributed by atoms with Crippen LogP contribution in [0.1, 0.15) is 40.5 Å². The lowest BCUT2D eigenvalue weighted by molar-refractivity contribution is -0.129.